The van der Waals surface area contributed by atoms with Crippen molar-refractivity contribution in [3.63, 3.8) is 0 Å². The maximum absolute atomic E-state index is 12.4. The van der Waals surface area contributed by atoms with Crippen molar-refractivity contribution >= 4 is 17.5 Å². The molecule has 0 bridgehead atoms. The van der Waals surface area contributed by atoms with Crippen molar-refractivity contribution < 1.29 is 14.1 Å². The van der Waals surface area contributed by atoms with E-state index in [4.69, 9.17) is 20.9 Å². The molecule has 0 spiro atoms. The summed E-state index contributed by atoms with van der Waals surface area (Å²) in [4.78, 5) is 17.9. The molecule has 128 valence electrons. The summed E-state index contributed by atoms with van der Waals surface area (Å²) >= 11 is 5.82. The summed E-state index contributed by atoms with van der Waals surface area (Å²) in [5.41, 5.74) is 1.01. The van der Waals surface area contributed by atoms with Crippen LogP contribution in [0, 0.1) is 0 Å². The number of carbonyl (C=O) groups excluding carboxylic acids is 1. The summed E-state index contributed by atoms with van der Waals surface area (Å²) < 4.78 is 10.8. The minimum absolute atomic E-state index is 0.237. The number of pyridine rings is 1. The summed E-state index contributed by atoms with van der Waals surface area (Å²) in [7, 11) is 1.69. The fourth-order valence-electron chi connectivity index (χ4n) is 2.15. The number of hydrogen-bond donors (Lipinski definition) is 0. The molecule has 0 fully saturated rings. The number of rotatable bonds is 6. The summed E-state index contributed by atoms with van der Waals surface area (Å²) in [5, 5.41) is 4.49. The summed E-state index contributed by atoms with van der Waals surface area (Å²) in [6, 6.07) is 12.3. The van der Waals surface area contributed by atoms with Crippen LogP contribution in [0.5, 0.6) is 5.75 Å². The van der Waals surface area contributed by atoms with E-state index >= 15 is 0 Å². The highest BCUT2D eigenvalue weighted by Crippen LogP contribution is 2.19. The molecule has 3 rings (SSSR count). The Morgan fingerprint density at radius 1 is 1.28 bits per heavy atom. The van der Waals surface area contributed by atoms with Crippen LogP contribution in [0.4, 0.5) is 0 Å². The van der Waals surface area contributed by atoms with Crippen molar-refractivity contribution in [2.45, 2.75) is 0 Å². The second-order valence-electron chi connectivity index (χ2n) is 5.35. The van der Waals surface area contributed by atoms with E-state index in [0.29, 0.717) is 29.7 Å². The van der Waals surface area contributed by atoms with Gasteiger partial charge in [-0.15, -0.1) is 0 Å². The Morgan fingerprint density at radius 2 is 2.08 bits per heavy atom. The molecule has 0 radical (unpaired) electrons. The van der Waals surface area contributed by atoms with Crippen molar-refractivity contribution in [2.75, 3.05) is 20.2 Å². The molecule has 0 atom stereocenters. The van der Waals surface area contributed by atoms with E-state index in [1.807, 2.05) is 6.07 Å². The Hall–Kier alpha value is -2.86. The first-order valence-electron chi connectivity index (χ1n) is 7.64. The van der Waals surface area contributed by atoms with Crippen molar-refractivity contribution in [3.8, 4) is 17.1 Å². The lowest BCUT2D eigenvalue weighted by atomic mass is 10.2. The molecule has 7 heteroatoms. The van der Waals surface area contributed by atoms with Crippen molar-refractivity contribution in [3.05, 3.63) is 65.6 Å². The zero-order chi connectivity index (χ0) is 17.6. The van der Waals surface area contributed by atoms with Gasteiger partial charge in [0.05, 0.1) is 6.54 Å². The van der Waals surface area contributed by atoms with Gasteiger partial charge in [-0.25, -0.2) is 0 Å². The standard InChI is InChI=1S/C18H16ClN3O3/c1-22(9-10-24-15-6-4-14(19)5-7-15)18(23)16-11-17(25-21-16)13-3-2-8-20-12-13/h2-8,11-12H,9-10H2,1H3. The zero-order valence-electron chi connectivity index (χ0n) is 13.6. The molecule has 0 saturated carbocycles. The van der Waals surface area contributed by atoms with Crippen LogP contribution in [0.15, 0.2) is 59.4 Å². The molecule has 1 aromatic carbocycles. The van der Waals surface area contributed by atoms with E-state index in [1.165, 1.54) is 4.90 Å². The maximum atomic E-state index is 12.4. The van der Waals surface area contributed by atoms with Gasteiger partial charge >= 0.3 is 0 Å². The van der Waals surface area contributed by atoms with E-state index in [2.05, 4.69) is 10.1 Å². The highest BCUT2D eigenvalue weighted by Gasteiger charge is 2.17. The minimum Gasteiger partial charge on any atom is -0.492 e. The van der Waals surface area contributed by atoms with E-state index in [-0.39, 0.29) is 11.6 Å². The smallest absolute Gasteiger partial charge is 0.275 e. The fraction of sp³-hybridized carbons (Fsp3) is 0.167. The third kappa shape index (κ3) is 4.36. The van der Waals surface area contributed by atoms with Crippen LogP contribution in [0.1, 0.15) is 10.5 Å². The van der Waals surface area contributed by atoms with E-state index < -0.39 is 0 Å². The molecule has 0 aliphatic rings. The van der Waals surface area contributed by atoms with Gasteiger partial charge in [0.25, 0.3) is 5.91 Å². The number of aromatic nitrogens is 2. The lowest BCUT2D eigenvalue weighted by Gasteiger charge is -2.16. The average molecular weight is 358 g/mol. The molecule has 2 aromatic heterocycles. The quantitative estimate of drug-likeness (QED) is 0.675. The Bertz CT molecular complexity index is 834. The molecule has 0 unspecified atom stereocenters. The molecule has 0 saturated heterocycles. The largest absolute Gasteiger partial charge is 0.492 e. The van der Waals surface area contributed by atoms with Crippen LogP contribution in [0.3, 0.4) is 0 Å². The van der Waals surface area contributed by atoms with Crippen LogP contribution < -0.4 is 4.74 Å². The van der Waals surface area contributed by atoms with Crippen LogP contribution in [0.2, 0.25) is 5.02 Å². The maximum Gasteiger partial charge on any atom is 0.275 e. The molecule has 0 N–H and O–H groups in total. The fourth-order valence-corrected chi connectivity index (χ4v) is 2.27. The van der Waals surface area contributed by atoms with E-state index in [0.717, 1.165) is 5.56 Å². The van der Waals surface area contributed by atoms with Crippen LogP contribution in [-0.2, 0) is 0 Å². The van der Waals surface area contributed by atoms with Gasteiger partial charge in [-0.1, -0.05) is 16.8 Å². The molecular weight excluding hydrogens is 342 g/mol. The molecule has 6 nitrogen and oxygen atoms in total. The Labute approximate surface area is 150 Å². The zero-order valence-corrected chi connectivity index (χ0v) is 14.3. The van der Waals surface area contributed by atoms with Crippen LogP contribution >= 0.6 is 11.6 Å². The van der Waals surface area contributed by atoms with Gasteiger partial charge in [0, 0.05) is 36.1 Å². The number of ether oxygens (including phenoxy) is 1. The predicted molar refractivity (Wildman–Crippen MR) is 93.6 cm³/mol. The molecule has 1 amide bonds. The Morgan fingerprint density at radius 3 is 2.80 bits per heavy atom. The topological polar surface area (TPSA) is 68.5 Å². The third-order valence-corrected chi connectivity index (χ3v) is 3.78. The van der Waals surface area contributed by atoms with Gasteiger partial charge in [0.1, 0.15) is 12.4 Å². The minimum atomic E-state index is -0.237. The SMILES string of the molecule is CN(CCOc1ccc(Cl)cc1)C(=O)c1cc(-c2cccnc2)on1. The van der Waals surface area contributed by atoms with Gasteiger partial charge in [0.15, 0.2) is 11.5 Å². The van der Waals surface area contributed by atoms with Crippen LogP contribution in [0.25, 0.3) is 11.3 Å². The molecule has 3 aromatic rings. The van der Waals surface area contributed by atoms with E-state index in [1.54, 1.807) is 55.8 Å². The Balaban J connectivity index is 1.55. The number of carbonyl (C=O) groups is 1. The summed E-state index contributed by atoms with van der Waals surface area (Å²) in [5.74, 6) is 0.964. The highest BCUT2D eigenvalue weighted by atomic mass is 35.5. The normalized spacial score (nSPS) is 10.5. The number of hydrogen-bond acceptors (Lipinski definition) is 5. The van der Waals surface area contributed by atoms with Gasteiger partial charge in [0.2, 0.25) is 0 Å². The molecule has 0 aliphatic carbocycles. The molecular formula is C18H16ClN3O3. The first-order chi connectivity index (χ1) is 12.1. The van der Waals surface area contributed by atoms with Crippen molar-refractivity contribution in [1.82, 2.24) is 15.0 Å². The third-order valence-electron chi connectivity index (χ3n) is 3.53. The lowest BCUT2D eigenvalue weighted by Crippen LogP contribution is -2.31. The monoisotopic (exact) mass is 357 g/mol. The second kappa shape index (κ2) is 7.81. The average Bonchev–Trinajstić information content (AvgIpc) is 3.13. The second-order valence-corrected chi connectivity index (χ2v) is 5.78. The molecule has 25 heavy (non-hydrogen) atoms. The number of amides is 1. The summed E-state index contributed by atoms with van der Waals surface area (Å²) in [6.45, 7) is 0.772. The van der Waals surface area contributed by atoms with Crippen LogP contribution in [-0.4, -0.2) is 41.1 Å². The summed E-state index contributed by atoms with van der Waals surface area (Å²) in [6.07, 6.45) is 3.32. The number of halogens is 1. The van der Waals surface area contributed by atoms with Crippen molar-refractivity contribution in [2.24, 2.45) is 0 Å². The number of nitrogens with zero attached hydrogens (tertiary/aromatic N) is 3. The van der Waals surface area contributed by atoms with E-state index in [9.17, 15) is 4.79 Å². The highest BCUT2D eigenvalue weighted by molar-refractivity contribution is 6.30. The first kappa shape index (κ1) is 17.0. The lowest BCUT2D eigenvalue weighted by molar-refractivity contribution is 0.0763. The van der Waals surface area contributed by atoms with Gasteiger partial charge in [-0.05, 0) is 36.4 Å². The first-order valence-corrected chi connectivity index (χ1v) is 8.02. The molecule has 0 aliphatic heterocycles. The molecule has 2 heterocycles. The van der Waals surface area contributed by atoms with Gasteiger partial charge in [-0.3, -0.25) is 9.78 Å². The van der Waals surface area contributed by atoms with Gasteiger partial charge in [-0.2, -0.15) is 0 Å². The van der Waals surface area contributed by atoms with Crippen molar-refractivity contribution in [1.29, 1.82) is 0 Å². The van der Waals surface area contributed by atoms with Gasteiger partial charge < -0.3 is 14.2 Å². The Kier molecular flexibility index (Phi) is 5.30. The predicted octanol–water partition coefficient (Wildman–Crippen LogP) is 3.54. The number of benzene rings is 1. The number of likely N-dealkylation sites (N-methyl/N-ethyl adjacent to an activating group) is 1.